The fourth-order valence-electron chi connectivity index (χ4n) is 2.85. The molecule has 3 fully saturated rings. The second-order valence-electron chi connectivity index (χ2n) is 4.93. The van der Waals surface area contributed by atoms with Crippen LogP contribution in [0.4, 0.5) is 13.2 Å². The van der Waals surface area contributed by atoms with Crippen LogP contribution in [-0.4, -0.2) is 47.9 Å². The number of piperidine rings is 3. The molecule has 0 aromatic heterocycles. The molecule has 0 radical (unpaired) electrons. The highest BCUT2D eigenvalue weighted by atomic mass is 19.4. The van der Waals surface area contributed by atoms with Crippen LogP contribution in [0.2, 0.25) is 0 Å². The number of Topliss-reactive ketones (excluding diaryl/α,β-unsaturated/α-hetero) is 1. The molecule has 1 amide bonds. The fraction of sp³-hybridized carbons (Fsp3) is 0.818. The topological polar surface area (TPSA) is 49.4 Å². The zero-order valence-electron chi connectivity index (χ0n) is 9.96. The molecule has 4 atom stereocenters. The Bertz CT molecular complexity index is 370. The number of carbonyl (C=O) groups is 2. The molecule has 1 N–H and O–H groups in total. The summed E-state index contributed by atoms with van der Waals surface area (Å²) < 4.78 is 36.2. The molecule has 102 valence electrons. The Morgan fingerprint density at radius 2 is 2.17 bits per heavy atom. The maximum atomic E-state index is 12.1. The number of carbonyl (C=O) groups excluding carboxylic acids is 2. The van der Waals surface area contributed by atoms with E-state index in [0.29, 0.717) is 6.54 Å². The Kier molecular flexibility index (Phi) is 3.35. The lowest BCUT2D eigenvalue weighted by molar-refractivity contribution is -0.174. The molecule has 3 rings (SSSR count). The number of amides is 1. The fourth-order valence-corrected chi connectivity index (χ4v) is 2.85. The predicted octanol–water partition coefficient (Wildman–Crippen LogP) is 0.717. The quantitative estimate of drug-likeness (QED) is 0.799. The second kappa shape index (κ2) is 4.53. The number of alkyl halides is 3. The molecule has 4 unspecified atom stereocenters. The van der Waals surface area contributed by atoms with E-state index in [1.807, 2.05) is 11.8 Å². The van der Waals surface area contributed by atoms with Crippen molar-refractivity contribution < 1.29 is 22.8 Å². The van der Waals surface area contributed by atoms with Crippen LogP contribution in [0.3, 0.4) is 0 Å². The maximum absolute atomic E-state index is 12.1. The van der Waals surface area contributed by atoms with Crippen LogP contribution in [-0.2, 0) is 9.59 Å². The summed E-state index contributed by atoms with van der Waals surface area (Å²) in [5.41, 5.74) is 0. The van der Waals surface area contributed by atoms with Gasteiger partial charge in [-0.25, -0.2) is 0 Å². The number of rotatable bonds is 2. The van der Waals surface area contributed by atoms with E-state index in [9.17, 15) is 22.8 Å². The number of hydrogen-bond donors (Lipinski definition) is 1. The number of halogens is 3. The smallest absolute Gasteiger partial charge is 0.346 e. The molecule has 7 heteroatoms. The van der Waals surface area contributed by atoms with E-state index in [0.717, 1.165) is 12.8 Å². The van der Waals surface area contributed by atoms with Gasteiger partial charge in [0.05, 0.1) is 6.04 Å². The molecule has 4 nitrogen and oxygen atoms in total. The van der Waals surface area contributed by atoms with Crippen LogP contribution in [0, 0.1) is 5.92 Å². The molecule has 3 aliphatic rings. The first kappa shape index (κ1) is 13.3. The van der Waals surface area contributed by atoms with Gasteiger partial charge in [0.1, 0.15) is 0 Å². The molecule has 18 heavy (non-hydrogen) atoms. The number of nitrogens with zero attached hydrogens (tertiary/aromatic N) is 1. The van der Waals surface area contributed by atoms with Crippen molar-refractivity contribution in [3.05, 3.63) is 0 Å². The average molecular weight is 264 g/mol. The zero-order valence-corrected chi connectivity index (χ0v) is 9.96. The molecule has 3 saturated heterocycles. The molecule has 0 aliphatic carbocycles. The SMILES string of the molecule is CC1CC2CCN1C(CNC(=O)C(F)(F)F)C2=O. The molecular formula is C11H15F3N2O2. The highest BCUT2D eigenvalue weighted by molar-refractivity contribution is 5.89. The first-order valence-electron chi connectivity index (χ1n) is 5.95. The molecule has 0 aromatic carbocycles. The zero-order chi connectivity index (χ0) is 13.5. The van der Waals surface area contributed by atoms with Gasteiger partial charge in [0, 0.05) is 18.5 Å². The van der Waals surface area contributed by atoms with Crippen molar-refractivity contribution in [2.75, 3.05) is 13.1 Å². The van der Waals surface area contributed by atoms with E-state index in [-0.39, 0.29) is 24.3 Å². The van der Waals surface area contributed by atoms with Crippen molar-refractivity contribution in [2.45, 2.75) is 38.0 Å². The summed E-state index contributed by atoms with van der Waals surface area (Å²) in [5, 5.41) is 1.80. The first-order chi connectivity index (χ1) is 8.30. The van der Waals surface area contributed by atoms with Gasteiger partial charge in [-0.15, -0.1) is 0 Å². The molecular weight excluding hydrogens is 249 g/mol. The van der Waals surface area contributed by atoms with Gasteiger partial charge in [-0.1, -0.05) is 0 Å². The number of fused-ring (bicyclic) bond motifs is 3. The molecule has 2 bridgehead atoms. The molecule has 0 spiro atoms. The van der Waals surface area contributed by atoms with Crippen molar-refractivity contribution in [3.8, 4) is 0 Å². The van der Waals surface area contributed by atoms with Crippen LogP contribution in [0.5, 0.6) is 0 Å². The molecule has 0 aromatic rings. The van der Waals surface area contributed by atoms with Crippen molar-refractivity contribution in [3.63, 3.8) is 0 Å². The lowest BCUT2D eigenvalue weighted by Crippen LogP contribution is -2.62. The minimum atomic E-state index is -4.89. The van der Waals surface area contributed by atoms with Gasteiger partial charge in [-0.2, -0.15) is 13.2 Å². The lowest BCUT2D eigenvalue weighted by Gasteiger charge is -2.48. The summed E-state index contributed by atoms with van der Waals surface area (Å²) >= 11 is 0. The van der Waals surface area contributed by atoms with E-state index < -0.39 is 18.1 Å². The van der Waals surface area contributed by atoms with Crippen molar-refractivity contribution in [1.82, 2.24) is 10.2 Å². The van der Waals surface area contributed by atoms with Gasteiger partial charge < -0.3 is 5.32 Å². The summed E-state index contributed by atoms with van der Waals surface area (Å²) in [5.74, 6) is -2.08. The Morgan fingerprint density at radius 3 is 2.72 bits per heavy atom. The monoisotopic (exact) mass is 264 g/mol. The van der Waals surface area contributed by atoms with E-state index >= 15 is 0 Å². The van der Waals surface area contributed by atoms with Crippen LogP contribution < -0.4 is 5.32 Å². The highest BCUT2D eigenvalue weighted by Crippen LogP contribution is 2.33. The first-order valence-corrected chi connectivity index (χ1v) is 5.95. The second-order valence-corrected chi connectivity index (χ2v) is 4.93. The van der Waals surface area contributed by atoms with Crippen LogP contribution in [0.25, 0.3) is 0 Å². The molecule has 3 aliphatic heterocycles. The number of ketones is 1. The third kappa shape index (κ3) is 2.36. The van der Waals surface area contributed by atoms with Crippen LogP contribution in [0.1, 0.15) is 19.8 Å². The summed E-state index contributed by atoms with van der Waals surface area (Å²) in [6.45, 7) is 2.42. The van der Waals surface area contributed by atoms with E-state index in [1.54, 1.807) is 5.32 Å². The highest BCUT2D eigenvalue weighted by Gasteiger charge is 2.45. The predicted molar refractivity (Wildman–Crippen MR) is 56.8 cm³/mol. The minimum absolute atomic E-state index is 0.0400. The van der Waals surface area contributed by atoms with Gasteiger partial charge >= 0.3 is 12.1 Å². The van der Waals surface area contributed by atoms with Gasteiger partial charge in [0.25, 0.3) is 0 Å². The Labute approximate surface area is 103 Å². The lowest BCUT2D eigenvalue weighted by atomic mass is 9.78. The van der Waals surface area contributed by atoms with Crippen LogP contribution >= 0.6 is 0 Å². The largest absolute Gasteiger partial charge is 0.471 e. The van der Waals surface area contributed by atoms with Crippen molar-refractivity contribution >= 4 is 11.7 Å². The Hall–Kier alpha value is -1.11. The number of nitrogens with one attached hydrogen (secondary N) is 1. The number of hydrogen-bond acceptors (Lipinski definition) is 3. The maximum Gasteiger partial charge on any atom is 0.471 e. The van der Waals surface area contributed by atoms with Crippen molar-refractivity contribution in [2.24, 2.45) is 5.92 Å². The third-order valence-electron chi connectivity index (χ3n) is 3.77. The Morgan fingerprint density at radius 1 is 1.50 bits per heavy atom. The van der Waals surface area contributed by atoms with E-state index in [4.69, 9.17) is 0 Å². The van der Waals surface area contributed by atoms with Crippen LogP contribution in [0.15, 0.2) is 0 Å². The van der Waals surface area contributed by atoms with E-state index in [2.05, 4.69) is 0 Å². The van der Waals surface area contributed by atoms with Gasteiger partial charge in [0.2, 0.25) is 0 Å². The summed E-state index contributed by atoms with van der Waals surface area (Å²) in [6, 6.07) is -0.409. The molecule has 3 heterocycles. The standard InChI is InChI=1S/C11H15F3N2O2/c1-6-4-7-2-3-16(6)8(9(7)17)5-15-10(18)11(12,13)14/h6-8H,2-5H2,1H3,(H,15,18). The average Bonchev–Trinajstić information content (AvgIpc) is 2.28. The van der Waals surface area contributed by atoms with E-state index in [1.165, 1.54) is 0 Å². The van der Waals surface area contributed by atoms with Crippen molar-refractivity contribution in [1.29, 1.82) is 0 Å². The Balaban J connectivity index is 1.97. The summed E-state index contributed by atoms with van der Waals surface area (Å²) in [7, 11) is 0. The van der Waals surface area contributed by atoms with Gasteiger partial charge in [-0.05, 0) is 26.3 Å². The normalized spacial score (nSPS) is 35.7. The molecule has 0 saturated carbocycles. The minimum Gasteiger partial charge on any atom is -0.346 e. The van der Waals surface area contributed by atoms with Gasteiger partial charge in [0.15, 0.2) is 5.78 Å². The summed E-state index contributed by atoms with van der Waals surface area (Å²) in [4.78, 5) is 24.5. The van der Waals surface area contributed by atoms with Gasteiger partial charge in [-0.3, -0.25) is 14.5 Å². The third-order valence-corrected chi connectivity index (χ3v) is 3.77. The summed E-state index contributed by atoms with van der Waals surface area (Å²) in [6.07, 6.45) is -3.35.